The predicted octanol–water partition coefficient (Wildman–Crippen LogP) is 1.96. The number of thioether (sulfide) groups is 1. The monoisotopic (exact) mass is 239 g/mol. The van der Waals surface area contributed by atoms with E-state index in [2.05, 4.69) is 35.3 Å². The maximum Gasteiger partial charge on any atom is 0.0638 e. The Bertz CT molecular complexity index is 329. The average Bonchev–Trinajstić information content (AvgIpc) is 2.59. The van der Waals surface area contributed by atoms with Crippen LogP contribution >= 0.6 is 11.8 Å². The molecular formula is C12H21N3S. The normalized spacial score (nSPS) is 17.9. The summed E-state index contributed by atoms with van der Waals surface area (Å²) in [5, 5.41) is 7.91. The van der Waals surface area contributed by atoms with E-state index >= 15 is 0 Å². The van der Waals surface area contributed by atoms with Crippen LogP contribution in [0, 0.1) is 12.8 Å². The van der Waals surface area contributed by atoms with E-state index in [9.17, 15) is 0 Å². The summed E-state index contributed by atoms with van der Waals surface area (Å²) >= 11 is 2.09. The molecule has 1 saturated heterocycles. The van der Waals surface area contributed by atoms with Crippen molar-refractivity contribution in [3.05, 3.63) is 17.5 Å². The van der Waals surface area contributed by atoms with Crippen molar-refractivity contribution in [1.29, 1.82) is 0 Å². The molecular weight excluding hydrogens is 218 g/mol. The van der Waals surface area contributed by atoms with Gasteiger partial charge in [-0.05, 0) is 43.7 Å². The van der Waals surface area contributed by atoms with E-state index in [1.807, 2.05) is 11.7 Å². The van der Waals surface area contributed by atoms with E-state index in [1.165, 1.54) is 29.9 Å². The number of rotatable bonds is 4. The van der Waals surface area contributed by atoms with Crippen molar-refractivity contribution in [2.75, 3.05) is 18.1 Å². The molecule has 1 N–H and O–H groups in total. The summed E-state index contributed by atoms with van der Waals surface area (Å²) in [5.74, 6) is 3.58. The quantitative estimate of drug-likeness (QED) is 0.871. The third-order valence-corrected chi connectivity index (χ3v) is 4.25. The van der Waals surface area contributed by atoms with E-state index in [0.29, 0.717) is 0 Å². The number of nitrogens with one attached hydrogen (secondary N) is 1. The maximum absolute atomic E-state index is 4.35. The van der Waals surface area contributed by atoms with Crippen molar-refractivity contribution < 1.29 is 0 Å². The molecule has 0 bridgehead atoms. The van der Waals surface area contributed by atoms with Crippen molar-refractivity contribution in [3.63, 3.8) is 0 Å². The van der Waals surface area contributed by atoms with Gasteiger partial charge in [-0.25, -0.2) is 0 Å². The highest BCUT2D eigenvalue weighted by molar-refractivity contribution is 7.99. The number of nitrogens with zero attached hydrogens (tertiary/aromatic N) is 2. The SMILES string of the molecule is Cc1nn(C)cc1CNCC1CCSCC1. The van der Waals surface area contributed by atoms with Crippen molar-refractivity contribution >= 4 is 11.8 Å². The van der Waals surface area contributed by atoms with Crippen LogP contribution < -0.4 is 5.32 Å². The first-order valence-electron chi connectivity index (χ1n) is 6.03. The Morgan fingerprint density at radius 3 is 2.88 bits per heavy atom. The van der Waals surface area contributed by atoms with Crippen LogP contribution in [-0.4, -0.2) is 27.8 Å². The Morgan fingerprint density at radius 2 is 2.25 bits per heavy atom. The van der Waals surface area contributed by atoms with E-state index in [-0.39, 0.29) is 0 Å². The van der Waals surface area contributed by atoms with E-state index in [1.54, 1.807) is 0 Å². The summed E-state index contributed by atoms with van der Waals surface area (Å²) in [5.41, 5.74) is 2.47. The first-order valence-corrected chi connectivity index (χ1v) is 7.19. The molecule has 1 aromatic heterocycles. The number of aryl methyl sites for hydroxylation is 2. The smallest absolute Gasteiger partial charge is 0.0638 e. The third kappa shape index (κ3) is 3.25. The van der Waals surface area contributed by atoms with Gasteiger partial charge in [-0.3, -0.25) is 4.68 Å². The van der Waals surface area contributed by atoms with E-state index < -0.39 is 0 Å². The largest absolute Gasteiger partial charge is 0.312 e. The molecule has 0 unspecified atom stereocenters. The molecule has 3 nitrogen and oxygen atoms in total. The summed E-state index contributed by atoms with van der Waals surface area (Å²) in [7, 11) is 1.98. The molecule has 1 aromatic rings. The minimum Gasteiger partial charge on any atom is -0.312 e. The van der Waals surface area contributed by atoms with Crippen LogP contribution in [0.3, 0.4) is 0 Å². The molecule has 1 fully saturated rings. The fourth-order valence-electron chi connectivity index (χ4n) is 2.18. The van der Waals surface area contributed by atoms with Crippen molar-refractivity contribution in [3.8, 4) is 0 Å². The lowest BCUT2D eigenvalue weighted by molar-refractivity contribution is 0.447. The van der Waals surface area contributed by atoms with Crippen molar-refractivity contribution in [2.24, 2.45) is 13.0 Å². The van der Waals surface area contributed by atoms with Crippen LogP contribution in [0.1, 0.15) is 24.1 Å². The van der Waals surface area contributed by atoms with Crippen LogP contribution in [0.5, 0.6) is 0 Å². The molecule has 0 amide bonds. The first kappa shape index (κ1) is 12.0. The Kier molecular flexibility index (Phi) is 4.29. The third-order valence-electron chi connectivity index (χ3n) is 3.20. The highest BCUT2D eigenvalue weighted by Crippen LogP contribution is 2.21. The van der Waals surface area contributed by atoms with Gasteiger partial charge in [-0.15, -0.1) is 0 Å². The molecule has 16 heavy (non-hydrogen) atoms. The van der Waals surface area contributed by atoms with Crippen LogP contribution in [0.2, 0.25) is 0 Å². The van der Waals surface area contributed by atoms with Gasteiger partial charge in [0, 0.05) is 25.4 Å². The van der Waals surface area contributed by atoms with E-state index in [4.69, 9.17) is 0 Å². The van der Waals surface area contributed by atoms with Crippen LogP contribution in [0.15, 0.2) is 6.20 Å². The molecule has 1 aliphatic heterocycles. The Morgan fingerprint density at radius 1 is 1.50 bits per heavy atom. The van der Waals surface area contributed by atoms with E-state index in [0.717, 1.165) is 24.7 Å². The van der Waals surface area contributed by atoms with Crippen LogP contribution in [0.25, 0.3) is 0 Å². The second kappa shape index (κ2) is 5.73. The zero-order chi connectivity index (χ0) is 11.4. The number of aromatic nitrogens is 2. The molecule has 0 aromatic carbocycles. The standard InChI is InChI=1S/C12H21N3S/c1-10-12(9-15(2)14-10)8-13-7-11-3-5-16-6-4-11/h9,11,13H,3-8H2,1-2H3. The Labute approximate surface area is 102 Å². The topological polar surface area (TPSA) is 29.9 Å². The summed E-state index contributed by atoms with van der Waals surface area (Å²) in [6.07, 6.45) is 4.87. The molecule has 0 spiro atoms. The zero-order valence-corrected chi connectivity index (χ0v) is 11.0. The lowest BCUT2D eigenvalue weighted by atomic mass is 10.0. The predicted molar refractivity (Wildman–Crippen MR) is 69.7 cm³/mol. The van der Waals surface area contributed by atoms with Gasteiger partial charge in [0.15, 0.2) is 0 Å². The minimum atomic E-state index is 0.887. The highest BCUT2D eigenvalue weighted by atomic mass is 32.2. The second-order valence-electron chi connectivity index (χ2n) is 4.60. The Hall–Kier alpha value is -0.480. The van der Waals surface area contributed by atoms with Gasteiger partial charge in [0.2, 0.25) is 0 Å². The van der Waals surface area contributed by atoms with Gasteiger partial charge < -0.3 is 5.32 Å². The molecule has 0 aliphatic carbocycles. The van der Waals surface area contributed by atoms with Gasteiger partial charge in [0.1, 0.15) is 0 Å². The van der Waals surface area contributed by atoms with Gasteiger partial charge in [-0.1, -0.05) is 0 Å². The summed E-state index contributed by atoms with van der Waals surface area (Å²) in [6.45, 7) is 4.20. The lowest BCUT2D eigenvalue weighted by Crippen LogP contribution is -2.25. The van der Waals surface area contributed by atoms with Gasteiger partial charge in [0.25, 0.3) is 0 Å². The summed E-state index contributed by atoms with van der Waals surface area (Å²) in [6, 6.07) is 0. The van der Waals surface area contributed by atoms with Crippen molar-refractivity contribution in [2.45, 2.75) is 26.3 Å². The van der Waals surface area contributed by atoms with Crippen LogP contribution in [0.4, 0.5) is 0 Å². The molecule has 0 radical (unpaired) electrons. The number of hydrogen-bond acceptors (Lipinski definition) is 3. The zero-order valence-electron chi connectivity index (χ0n) is 10.2. The lowest BCUT2D eigenvalue weighted by Gasteiger charge is -2.21. The van der Waals surface area contributed by atoms with Crippen molar-refractivity contribution in [1.82, 2.24) is 15.1 Å². The van der Waals surface area contributed by atoms with Crippen LogP contribution in [-0.2, 0) is 13.6 Å². The maximum atomic E-state index is 4.35. The first-order chi connectivity index (χ1) is 7.75. The average molecular weight is 239 g/mol. The Balaban J connectivity index is 1.73. The fourth-order valence-corrected chi connectivity index (χ4v) is 3.39. The molecule has 2 heterocycles. The summed E-state index contributed by atoms with van der Waals surface area (Å²) < 4.78 is 1.89. The van der Waals surface area contributed by atoms with Gasteiger partial charge in [-0.2, -0.15) is 16.9 Å². The highest BCUT2D eigenvalue weighted by Gasteiger charge is 2.13. The minimum absolute atomic E-state index is 0.887. The second-order valence-corrected chi connectivity index (χ2v) is 5.82. The molecule has 4 heteroatoms. The molecule has 1 aliphatic rings. The van der Waals surface area contributed by atoms with Gasteiger partial charge in [0.05, 0.1) is 5.69 Å². The summed E-state index contributed by atoms with van der Waals surface area (Å²) in [4.78, 5) is 0. The molecule has 0 atom stereocenters. The fraction of sp³-hybridized carbons (Fsp3) is 0.750. The van der Waals surface area contributed by atoms with Gasteiger partial charge >= 0.3 is 0 Å². The molecule has 90 valence electrons. The number of hydrogen-bond donors (Lipinski definition) is 1. The molecule has 2 rings (SSSR count). The molecule has 0 saturated carbocycles.